The molecule has 1 aromatic heterocycles. The first kappa shape index (κ1) is 10.2. The van der Waals surface area contributed by atoms with Crippen molar-refractivity contribution in [1.82, 2.24) is 4.98 Å². The molecule has 1 N–H and O–H groups in total. The summed E-state index contributed by atoms with van der Waals surface area (Å²) < 4.78 is 0. The second-order valence-corrected chi connectivity index (χ2v) is 5.32. The number of thiazole rings is 1. The molecule has 1 aromatic rings. The minimum atomic E-state index is 0.576. The largest absolute Gasteiger partial charge is 0.361 e. The lowest BCUT2D eigenvalue weighted by atomic mass is 10.0. The third-order valence-electron chi connectivity index (χ3n) is 2.83. The first-order chi connectivity index (χ1) is 6.74. The Morgan fingerprint density at radius 2 is 2.43 bits per heavy atom. The van der Waals surface area contributed by atoms with Gasteiger partial charge in [-0.05, 0) is 24.7 Å². The molecule has 0 unspecified atom stereocenters. The monoisotopic (exact) mass is 230 g/mol. The van der Waals surface area contributed by atoms with Crippen LogP contribution in [0.3, 0.4) is 0 Å². The van der Waals surface area contributed by atoms with Crippen LogP contribution in [0.5, 0.6) is 0 Å². The van der Waals surface area contributed by atoms with Gasteiger partial charge in [-0.25, -0.2) is 4.98 Å². The van der Waals surface area contributed by atoms with Gasteiger partial charge in [0.05, 0.1) is 0 Å². The van der Waals surface area contributed by atoms with Gasteiger partial charge in [0.2, 0.25) is 0 Å². The zero-order chi connectivity index (χ0) is 10.0. The molecule has 2 rings (SSSR count). The molecular weight excluding hydrogens is 216 g/mol. The second-order valence-electron chi connectivity index (χ2n) is 4.08. The van der Waals surface area contributed by atoms with E-state index in [9.17, 15) is 0 Å². The molecule has 0 spiro atoms. The molecule has 78 valence electrons. The van der Waals surface area contributed by atoms with Gasteiger partial charge in [0.1, 0.15) is 5.15 Å². The van der Waals surface area contributed by atoms with E-state index in [0.717, 1.165) is 11.7 Å². The lowest BCUT2D eigenvalue weighted by Gasteiger charge is -2.13. The van der Waals surface area contributed by atoms with Gasteiger partial charge in [0.25, 0.3) is 0 Å². The standard InChI is InChI=1S/C10H15ClN2S/c1-2-3-10(4-5-10)7-12-9-13-8(11)6-14-9/h6H,2-5,7H2,1H3,(H,12,13). The molecule has 1 heterocycles. The molecule has 1 aliphatic rings. The van der Waals surface area contributed by atoms with Crippen molar-refractivity contribution in [2.45, 2.75) is 32.6 Å². The molecule has 0 atom stereocenters. The Hall–Kier alpha value is -0.280. The molecule has 0 saturated heterocycles. The van der Waals surface area contributed by atoms with Gasteiger partial charge in [-0.2, -0.15) is 0 Å². The van der Waals surface area contributed by atoms with E-state index in [1.807, 2.05) is 5.38 Å². The quantitative estimate of drug-likeness (QED) is 0.833. The minimum Gasteiger partial charge on any atom is -0.361 e. The molecular formula is C10H15ClN2S. The topological polar surface area (TPSA) is 24.9 Å². The van der Waals surface area contributed by atoms with Crippen LogP contribution in [-0.4, -0.2) is 11.5 Å². The number of nitrogens with one attached hydrogen (secondary N) is 1. The fraction of sp³-hybridized carbons (Fsp3) is 0.700. The summed E-state index contributed by atoms with van der Waals surface area (Å²) in [6, 6.07) is 0. The number of hydrogen-bond donors (Lipinski definition) is 1. The van der Waals surface area contributed by atoms with Crippen LogP contribution < -0.4 is 5.32 Å². The molecule has 1 saturated carbocycles. The van der Waals surface area contributed by atoms with Crippen molar-refractivity contribution in [2.75, 3.05) is 11.9 Å². The van der Waals surface area contributed by atoms with Crippen molar-refractivity contribution >= 4 is 28.1 Å². The summed E-state index contributed by atoms with van der Waals surface area (Å²) in [5, 5.41) is 6.79. The predicted octanol–water partition coefficient (Wildman–Crippen LogP) is 3.79. The molecule has 14 heavy (non-hydrogen) atoms. The molecule has 1 fully saturated rings. The van der Waals surface area contributed by atoms with Gasteiger partial charge in [0.15, 0.2) is 5.13 Å². The van der Waals surface area contributed by atoms with Crippen molar-refractivity contribution in [3.63, 3.8) is 0 Å². The lowest BCUT2D eigenvalue weighted by molar-refractivity contribution is 0.485. The predicted molar refractivity (Wildman–Crippen MR) is 62.2 cm³/mol. The number of hydrogen-bond acceptors (Lipinski definition) is 3. The van der Waals surface area contributed by atoms with Crippen molar-refractivity contribution < 1.29 is 0 Å². The van der Waals surface area contributed by atoms with E-state index >= 15 is 0 Å². The molecule has 0 bridgehead atoms. The van der Waals surface area contributed by atoms with Crippen molar-refractivity contribution in [3.05, 3.63) is 10.5 Å². The Balaban J connectivity index is 1.82. The van der Waals surface area contributed by atoms with Gasteiger partial charge >= 0.3 is 0 Å². The highest BCUT2D eigenvalue weighted by Gasteiger charge is 2.41. The van der Waals surface area contributed by atoms with E-state index in [4.69, 9.17) is 11.6 Å². The minimum absolute atomic E-state index is 0.576. The van der Waals surface area contributed by atoms with Crippen LogP contribution in [0.4, 0.5) is 5.13 Å². The SMILES string of the molecule is CCCC1(CNc2nc(Cl)cs2)CC1. The van der Waals surface area contributed by atoms with Crippen LogP contribution in [0, 0.1) is 5.41 Å². The summed E-state index contributed by atoms with van der Waals surface area (Å²) in [5.41, 5.74) is 0.576. The van der Waals surface area contributed by atoms with Crippen LogP contribution in [0.1, 0.15) is 32.6 Å². The van der Waals surface area contributed by atoms with Crippen molar-refractivity contribution in [2.24, 2.45) is 5.41 Å². The Kier molecular flexibility index (Phi) is 2.98. The fourth-order valence-corrected chi connectivity index (χ4v) is 2.66. The molecule has 2 nitrogen and oxygen atoms in total. The number of nitrogens with zero attached hydrogens (tertiary/aromatic N) is 1. The van der Waals surface area contributed by atoms with Gasteiger partial charge < -0.3 is 5.32 Å². The Morgan fingerprint density at radius 1 is 1.64 bits per heavy atom. The van der Waals surface area contributed by atoms with E-state index in [0.29, 0.717) is 10.6 Å². The maximum Gasteiger partial charge on any atom is 0.184 e. The van der Waals surface area contributed by atoms with Gasteiger partial charge in [0, 0.05) is 11.9 Å². The van der Waals surface area contributed by atoms with E-state index < -0.39 is 0 Å². The smallest absolute Gasteiger partial charge is 0.184 e. The first-order valence-corrected chi connectivity index (χ1v) is 6.35. The molecule has 0 amide bonds. The van der Waals surface area contributed by atoms with Crippen LogP contribution in [0.2, 0.25) is 5.15 Å². The highest BCUT2D eigenvalue weighted by molar-refractivity contribution is 7.14. The third-order valence-corrected chi connectivity index (χ3v) is 3.95. The van der Waals surface area contributed by atoms with Gasteiger partial charge in [-0.3, -0.25) is 0 Å². The second kappa shape index (κ2) is 4.07. The molecule has 0 radical (unpaired) electrons. The Labute approximate surface area is 93.7 Å². The summed E-state index contributed by atoms with van der Waals surface area (Å²) in [6.45, 7) is 3.31. The zero-order valence-electron chi connectivity index (χ0n) is 8.35. The normalized spacial score (nSPS) is 18.1. The average Bonchev–Trinajstić information content (AvgIpc) is 2.80. The maximum atomic E-state index is 5.75. The van der Waals surface area contributed by atoms with E-state index in [2.05, 4.69) is 17.2 Å². The van der Waals surface area contributed by atoms with E-state index in [-0.39, 0.29) is 0 Å². The molecule has 1 aliphatic carbocycles. The third kappa shape index (κ3) is 2.39. The Morgan fingerprint density at radius 3 is 2.93 bits per heavy atom. The zero-order valence-corrected chi connectivity index (χ0v) is 9.92. The number of anilines is 1. The van der Waals surface area contributed by atoms with Crippen molar-refractivity contribution in [3.8, 4) is 0 Å². The first-order valence-electron chi connectivity index (χ1n) is 5.09. The molecule has 0 aromatic carbocycles. The van der Waals surface area contributed by atoms with Crippen LogP contribution in [0.15, 0.2) is 5.38 Å². The van der Waals surface area contributed by atoms with Crippen LogP contribution >= 0.6 is 22.9 Å². The average molecular weight is 231 g/mol. The van der Waals surface area contributed by atoms with Gasteiger partial charge in [-0.1, -0.05) is 24.9 Å². The van der Waals surface area contributed by atoms with E-state index in [1.54, 1.807) is 11.3 Å². The fourth-order valence-electron chi connectivity index (χ4n) is 1.82. The summed E-state index contributed by atoms with van der Waals surface area (Å²) >= 11 is 7.33. The lowest BCUT2D eigenvalue weighted by Crippen LogP contribution is -2.14. The summed E-state index contributed by atoms with van der Waals surface area (Å²) in [4.78, 5) is 4.17. The molecule has 4 heteroatoms. The Bertz CT molecular complexity index is 307. The number of halogens is 1. The van der Waals surface area contributed by atoms with Crippen LogP contribution in [-0.2, 0) is 0 Å². The van der Waals surface area contributed by atoms with Crippen LogP contribution in [0.25, 0.3) is 0 Å². The summed E-state index contributed by atoms with van der Waals surface area (Å²) in [6.07, 6.45) is 5.35. The van der Waals surface area contributed by atoms with E-state index in [1.165, 1.54) is 25.7 Å². The highest BCUT2D eigenvalue weighted by Crippen LogP contribution is 2.49. The number of rotatable bonds is 5. The molecule has 0 aliphatic heterocycles. The summed E-state index contributed by atoms with van der Waals surface area (Å²) in [7, 11) is 0. The summed E-state index contributed by atoms with van der Waals surface area (Å²) in [5.74, 6) is 0. The number of aromatic nitrogens is 1. The maximum absolute atomic E-state index is 5.75. The highest BCUT2D eigenvalue weighted by atomic mass is 35.5. The van der Waals surface area contributed by atoms with Crippen molar-refractivity contribution in [1.29, 1.82) is 0 Å². The van der Waals surface area contributed by atoms with Gasteiger partial charge in [-0.15, -0.1) is 11.3 Å².